The van der Waals surface area contributed by atoms with Gasteiger partial charge in [0.05, 0.1) is 22.8 Å². The Morgan fingerprint density at radius 1 is 1.42 bits per heavy atom. The molecule has 19 heavy (non-hydrogen) atoms. The van der Waals surface area contributed by atoms with Crippen molar-refractivity contribution in [3.8, 4) is 6.07 Å². The quantitative estimate of drug-likeness (QED) is 0.870. The number of aromatic carboxylic acids is 1. The van der Waals surface area contributed by atoms with E-state index in [1.54, 1.807) is 24.3 Å². The van der Waals surface area contributed by atoms with Gasteiger partial charge in [-0.3, -0.25) is 9.78 Å². The Morgan fingerprint density at radius 3 is 2.89 bits per heavy atom. The number of pyridine rings is 1. The van der Waals surface area contributed by atoms with Crippen LogP contribution in [0.4, 0.5) is 5.69 Å². The van der Waals surface area contributed by atoms with Gasteiger partial charge in [0.1, 0.15) is 6.42 Å². The Hall–Kier alpha value is -2.94. The van der Waals surface area contributed by atoms with Crippen molar-refractivity contribution < 1.29 is 14.7 Å². The third-order valence-corrected chi connectivity index (χ3v) is 2.49. The van der Waals surface area contributed by atoms with Crippen LogP contribution in [0.2, 0.25) is 0 Å². The van der Waals surface area contributed by atoms with Gasteiger partial charge in [0.25, 0.3) is 0 Å². The van der Waals surface area contributed by atoms with Gasteiger partial charge in [-0.1, -0.05) is 6.07 Å². The first-order valence-electron chi connectivity index (χ1n) is 5.40. The van der Waals surface area contributed by atoms with Gasteiger partial charge in [-0.05, 0) is 18.2 Å². The minimum absolute atomic E-state index is 0.0366. The maximum absolute atomic E-state index is 11.4. The topological polar surface area (TPSA) is 103 Å². The van der Waals surface area contributed by atoms with Gasteiger partial charge < -0.3 is 10.4 Å². The smallest absolute Gasteiger partial charge is 0.337 e. The zero-order chi connectivity index (χ0) is 13.8. The van der Waals surface area contributed by atoms with Crippen LogP contribution in [-0.2, 0) is 4.79 Å². The second-order valence-electron chi connectivity index (χ2n) is 3.78. The molecule has 0 radical (unpaired) electrons. The Bertz CT molecular complexity index is 704. The summed E-state index contributed by atoms with van der Waals surface area (Å²) in [6, 6.07) is 8.21. The largest absolute Gasteiger partial charge is 0.478 e. The standard InChI is InChI=1S/C13H9N3O3/c14-5-4-12(17)16-11-3-1-2-10-9(11)6-8(7-15-10)13(18)19/h1-3,6-7H,4H2,(H,16,17)(H,18,19). The number of rotatable bonds is 3. The molecular weight excluding hydrogens is 246 g/mol. The predicted octanol–water partition coefficient (Wildman–Crippen LogP) is 1.79. The lowest BCUT2D eigenvalue weighted by atomic mass is 10.1. The summed E-state index contributed by atoms with van der Waals surface area (Å²) in [5, 5.41) is 20.5. The number of fused-ring (bicyclic) bond motifs is 1. The molecular formula is C13H9N3O3. The number of anilines is 1. The molecule has 0 saturated carbocycles. The highest BCUT2D eigenvalue weighted by atomic mass is 16.4. The number of carbonyl (C=O) groups excluding carboxylic acids is 1. The maximum atomic E-state index is 11.4. The van der Waals surface area contributed by atoms with Gasteiger partial charge in [-0.25, -0.2) is 4.79 Å². The van der Waals surface area contributed by atoms with E-state index in [4.69, 9.17) is 10.4 Å². The number of hydrogen-bond donors (Lipinski definition) is 2. The van der Waals surface area contributed by atoms with Crippen molar-refractivity contribution in [2.45, 2.75) is 6.42 Å². The zero-order valence-electron chi connectivity index (χ0n) is 9.75. The van der Waals surface area contributed by atoms with E-state index < -0.39 is 11.9 Å². The maximum Gasteiger partial charge on any atom is 0.337 e. The molecule has 0 aliphatic heterocycles. The average Bonchev–Trinajstić information content (AvgIpc) is 2.38. The lowest BCUT2D eigenvalue weighted by Gasteiger charge is -2.07. The molecule has 94 valence electrons. The number of nitriles is 1. The van der Waals surface area contributed by atoms with Gasteiger partial charge in [0, 0.05) is 11.6 Å². The molecule has 6 nitrogen and oxygen atoms in total. The SMILES string of the molecule is N#CCC(=O)Nc1cccc2ncc(C(=O)O)cc12. The number of aromatic nitrogens is 1. The van der Waals surface area contributed by atoms with Crippen molar-refractivity contribution in [2.24, 2.45) is 0 Å². The van der Waals surface area contributed by atoms with Crippen LogP contribution >= 0.6 is 0 Å². The van der Waals surface area contributed by atoms with E-state index in [2.05, 4.69) is 10.3 Å². The molecule has 0 bridgehead atoms. The number of hydrogen-bond acceptors (Lipinski definition) is 4. The van der Waals surface area contributed by atoms with E-state index in [1.807, 2.05) is 0 Å². The minimum Gasteiger partial charge on any atom is -0.478 e. The molecule has 2 aromatic rings. The van der Waals surface area contributed by atoms with Gasteiger partial charge in [0.15, 0.2) is 0 Å². The van der Waals surface area contributed by atoms with E-state index in [0.717, 1.165) is 0 Å². The first-order chi connectivity index (χ1) is 9.11. The lowest BCUT2D eigenvalue weighted by Crippen LogP contribution is -2.10. The Balaban J connectivity index is 2.48. The lowest BCUT2D eigenvalue weighted by molar-refractivity contribution is -0.115. The Morgan fingerprint density at radius 2 is 2.21 bits per heavy atom. The van der Waals surface area contributed by atoms with Crippen LogP contribution in [0.25, 0.3) is 10.9 Å². The van der Waals surface area contributed by atoms with Crippen LogP contribution in [0.5, 0.6) is 0 Å². The van der Waals surface area contributed by atoms with E-state index >= 15 is 0 Å². The highest BCUT2D eigenvalue weighted by molar-refractivity contribution is 6.03. The summed E-state index contributed by atoms with van der Waals surface area (Å²) < 4.78 is 0. The third-order valence-electron chi connectivity index (χ3n) is 2.49. The number of benzene rings is 1. The molecule has 1 amide bonds. The van der Waals surface area contributed by atoms with Crippen LogP contribution in [0.3, 0.4) is 0 Å². The monoisotopic (exact) mass is 255 g/mol. The van der Waals surface area contributed by atoms with Gasteiger partial charge >= 0.3 is 5.97 Å². The van der Waals surface area contributed by atoms with Gasteiger partial charge in [-0.15, -0.1) is 0 Å². The fourth-order valence-electron chi connectivity index (χ4n) is 1.64. The summed E-state index contributed by atoms with van der Waals surface area (Å²) >= 11 is 0. The number of carboxylic acid groups (broad SMARTS) is 1. The van der Waals surface area contributed by atoms with Crippen LogP contribution in [-0.4, -0.2) is 22.0 Å². The molecule has 0 unspecified atom stereocenters. The van der Waals surface area contributed by atoms with Crippen LogP contribution < -0.4 is 5.32 Å². The molecule has 1 aromatic heterocycles. The molecule has 1 heterocycles. The average molecular weight is 255 g/mol. The molecule has 2 rings (SSSR count). The summed E-state index contributed by atoms with van der Waals surface area (Å²) in [6.07, 6.45) is 0.994. The number of amides is 1. The van der Waals surface area contributed by atoms with Crippen LogP contribution in [0, 0.1) is 11.3 Å². The first kappa shape index (κ1) is 12.5. The Kier molecular flexibility index (Phi) is 3.39. The number of carboxylic acids is 1. The van der Waals surface area contributed by atoms with Crippen molar-refractivity contribution in [1.82, 2.24) is 4.98 Å². The van der Waals surface area contributed by atoms with Gasteiger partial charge in [-0.2, -0.15) is 5.26 Å². The molecule has 0 aliphatic carbocycles. The Labute approximate surface area is 108 Å². The number of carbonyl (C=O) groups is 2. The van der Waals surface area contributed by atoms with E-state index in [0.29, 0.717) is 16.6 Å². The van der Waals surface area contributed by atoms with Crippen molar-refractivity contribution in [3.63, 3.8) is 0 Å². The highest BCUT2D eigenvalue weighted by Gasteiger charge is 2.09. The van der Waals surface area contributed by atoms with E-state index in [1.165, 1.54) is 12.3 Å². The van der Waals surface area contributed by atoms with E-state index in [-0.39, 0.29) is 12.0 Å². The summed E-state index contributed by atoms with van der Waals surface area (Å²) in [7, 11) is 0. The molecule has 0 saturated heterocycles. The molecule has 1 aromatic carbocycles. The van der Waals surface area contributed by atoms with Crippen molar-refractivity contribution in [1.29, 1.82) is 5.26 Å². The third kappa shape index (κ3) is 2.66. The fraction of sp³-hybridized carbons (Fsp3) is 0.0769. The highest BCUT2D eigenvalue weighted by Crippen LogP contribution is 2.23. The number of nitrogens with zero attached hydrogens (tertiary/aromatic N) is 2. The summed E-state index contributed by atoms with van der Waals surface area (Å²) in [5.74, 6) is -1.54. The predicted molar refractivity (Wildman–Crippen MR) is 67.6 cm³/mol. The zero-order valence-corrected chi connectivity index (χ0v) is 9.75. The fourth-order valence-corrected chi connectivity index (χ4v) is 1.64. The summed E-state index contributed by atoms with van der Waals surface area (Å²) in [5.41, 5.74) is 1.04. The summed E-state index contributed by atoms with van der Waals surface area (Å²) in [4.78, 5) is 26.3. The van der Waals surface area contributed by atoms with Gasteiger partial charge in [0.2, 0.25) is 5.91 Å². The molecule has 6 heteroatoms. The van der Waals surface area contributed by atoms with Crippen molar-refractivity contribution in [2.75, 3.05) is 5.32 Å². The molecule has 0 atom stereocenters. The first-order valence-corrected chi connectivity index (χ1v) is 5.40. The normalized spacial score (nSPS) is 9.84. The second kappa shape index (κ2) is 5.14. The van der Waals surface area contributed by atoms with Crippen molar-refractivity contribution >= 4 is 28.5 Å². The minimum atomic E-state index is -1.09. The molecule has 2 N–H and O–H groups in total. The van der Waals surface area contributed by atoms with Crippen LogP contribution in [0.15, 0.2) is 30.5 Å². The van der Waals surface area contributed by atoms with Crippen LogP contribution in [0.1, 0.15) is 16.8 Å². The van der Waals surface area contributed by atoms with E-state index in [9.17, 15) is 9.59 Å². The molecule has 0 aliphatic rings. The second-order valence-corrected chi connectivity index (χ2v) is 3.78. The molecule has 0 spiro atoms. The van der Waals surface area contributed by atoms with Crippen molar-refractivity contribution in [3.05, 3.63) is 36.0 Å². The molecule has 0 fully saturated rings. The number of nitrogens with one attached hydrogen (secondary N) is 1. The summed E-state index contributed by atoms with van der Waals surface area (Å²) in [6.45, 7) is 0.